The zero-order valence-electron chi connectivity index (χ0n) is 17.2. The molecule has 6 rings (SSSR count). The number of ether oxygens (including phenoxy) is 1. The molecule has 3 aromatic rings. The van der Waals surface area contributed by atoms with Crippen LogP contribution in [0.2, 0.25) is 0 Å². The second kappa shape index (κ2) is 6.81. The molecule has 0 bridgehead atoms. The van der Waals surface area contributed by atoms with Gasteiger partial charge in [0.25, 0.3) is 0 Å². The molecule has 3 aliphatic rings. The quantitative estimate of drug-likeness (QED) is 0.606. The average Bonchev–Trinajstić information content (AvgIpc) is 3.32. The summed E-state index contributed by atoms with van der Waals surface area (Å²) < 4.78 is 45.2. The first kappa shape index (κ1) is 20.2. The van der Waals surface area contributed by atoms with Crippen molar-refractivity contribution < 1.29 is 22.3 Å². The van der Waals surface area contributed by atoms with Crippen molar-refractivity contribution in [3.63, 3.8) is 0 Å². The number of rotatable bonds is 4. The van der Waals surface area contributed by atoms with Crippen LogP contribution in [0.4, 0.5) is 14.9 Å². The first-order chi connectivity index (χ1) is 15.8. The fraction of sp³-hybridized carbons (Fsp3) is 0.333. The van der Waals surface area contributed by atoms with Crippen LogP contribution < -0.4 is 10.6 Å². The molecule has 2 N–H and O–H groups in total. The van der Waals surface area contributed by atoms with Crippen LogP contribution in [0.5, 0.6) is 0 Å². The van der Waals surface area contributed by atoms with Crippen LogP contribution in [0.1, 0.15) is 11.9 Å². The minimum atomic E-state index is -3.02. The molecule has 4 atom stereocenters. The van der Waals surface area contributed by atoms with Crippen LogP contribution in [-0.2, 0) is 20.1 Å². The van der Waals surface area contributed by atoms with Gasteiger partial charge >= 0.3 is 6.09 Å². The summed E-state index contributed by atoms with van der Waals surface area (Å²) in [5.41, 5.74) is 7.57. The number of halogens is 1. The molecule has 0 radical (unpaired) electrons. The third-order valence-corrected chi connectivity index (χ3v) is 8.52. The summed E-state index contributed by atoms with van der Waals surface area (Å²) in [4.78, 5) is 18.0. The normalized spacial score (nSPS) is 29.7. The number of benzene rings is 1. The summed E-state index contributed by atoms with van der Waals surface area (Å²) in [5.74, 6) is -0.567. The van der Waals surface area contributed by atoms with E-state index < -0.39 is 33.5 Å². The van der Waals surface area contributed by atoms with E-state index in [2.05, 4.69) is 15.3 Å². The molecule has 0 spiro atoms. The number of hydrogen-bond donors (Lipinski definition) is 1. The molecule has 2 saturated heterocycles. The van der Waals surface area contributed by atoms with Crippen molar-refractivity contribution in [2.24, 2.45) is 17.6 Å². The van der Waals surface area contributed by atoms with Crippen LogP contribution in [0, 0.1) is 17.7 Å². The van der Waals surface area contributed by atoms with E-state index in [-0.39, 0.29) is 29.9 Å². The molecule has 12 heteroatoms. The lowest BCUT2D eigenvalue weighted by molar-refractivity contribution is 0.0922. The third-order valence-electron chi connectivity index (χ3n) is 6.79. The highest BCUT2D eigenvalue weighted by Crippen LogP contribution is 2.60. The van der Waals surface area contributed by atoms with Crippen molar-refractivity contribution in [2.75, 3.05) is 23.0 Å². The largest absolute Gasteiger partial charge is 0.421 e. The Labute approximate surface area is 188 Å². The van der Waals surface area contributed by atoms with Gasteiger partial charge in [0.1, 0.15) is 5.82 Å². The van der Waals surface area contributed by atoms with Gasteiger partial charge in [-0.15, -0.1) is 5.10 Å². The molecular weight excluding hydrogens is 451 g/mol. The lowest BCUT2D eigenvalue weighted by atomic mass is 10.0. The first-order valence-corrected chi connectivity index (χ1v) is 12.2. The van der Waals surface area contributed by atoms with Gasteiger partial charge in [-0.3, -0.25) is 9.88 Å². The monoisotopic (exact) mass is 470 g/mol. The van der Waals surface area contributed by atoms with Crippen molar-refractivity contribution in [2.45, 2.75) is 11.8 Å². The lowest BCUT2D eigenvalue weighted by Gasteiger charge is -2.16. The summed E-state index contributed by atoms with van der Waals surface area (Å²) in [5, 5.41) is 7.53. The molecule has 2 aromatic heterocycles. The summed E-state index contributed by atoms with van der Waals surface area (Å²) >= 11 is 0. The van der Waals surface area contributed by atoms with E-state index in [4.69, 9.17) is 10.5 Å². The highest BCUT2D eigenvalue weighted by molar-refractivity contribution is 7.91. The Hall–Kier alpha value is -3.38. The summed E-state index contributed by atoms with van der Waals surface area (Å²) in [7, 11) is -3.02. The number of amides is 1. The van der Waals surface area contributed by atoms with Gasteiger partial charge in [-0.25, -0.2) is 22.3 Å². The zero-order chi connectivity index (χ0) is 23.0. The Kier molecular flexibility index (Phi) is 4.18. The Morgan fingerprint density at radius 1 is 1.18 bits per heavy atom. The second-order valence-corrected chi connectivity index (χ2v) is 10.8. The number of sulfone groups is 1. The second-order valence-electron chi connectivity index (χ2n) is 8.65. The highest BCUT2D eigenvalue weighted by Gasteiger charge is 2.69. The maximum atomic E-state index is 15.0. The van der Waals surface area contributed by atoms with Gasteiger partial charge in [0.2, 0.25) is 6.23 Å². The number of anilines is 1. The number of pyridine rings is 1. The fourth-order valence-electron chi connectivity index (χ4n) is 4.95. The molecule has 3 fully saturated rings. The molecule has 1 aliphatic carbocycles. The number of hydrogen-bond acceptors (Lipinski definition) is 8. The van der Waals surface area contributed by atoms with E-state index in [0.717, 1.165) is 0 Å². The van der Waals surface area contributed by atoms with Crippen LogP contribution in [-0.4, -0.2) is 52.5 Å². The van der Waals surface area contributed by atoms with Gasteiger partial charge in [-0.05, 0) is 24.3 Å². The zero-order valence-corrected chi connectivity index (χ0v) is 18.0. The van der Waals surface area contributed by atoms with Gasteiger partial charge < -0.3 is 10.5 Å². The Bertz CT molecular complexity index is 1340. The number of nitrogens with two attached hydrogens (primary N) is 1. The Morgan fingerprint density at radius 3 is 2.61 bits per heavy atom. The molecule has 10 nitrogen and oxygen atoms in total. The molecule has 1 aromatic carbocycles. The molecule has 33 heavy (non-hydrogen) atoms. The van der Waals surface area contributed by atoms with Crippen molar-refractivity contribution in [3.05, 3.63) is 60.4 Å². The maximum Gasteiger partial charge on any atom is 0.416 e. The minimum Gasteiger partial charge on any atom is -0.421 e. The van der Waals surface area contributed by atoms with E-state index in [1.807, 2.05) is 0 Å². The van der Waals surface area contributed by atoms with Crippen LogP contribution in [0.15, 0.2) is 48.9 Å². The van der Waals surface area contributed by atoms with Crippen molar-refractivity contribution >= 4 is 21.6 Å². The lowest BCUT2D eigenvalue weighted by Crippen LogP contribution is -2.31. The molecular formula is C21H19FN6O4S. The summed E-state index contributed by atoms with van der Waals surface area (Å²) in [6.07, 6.45) is 3.36. The minimum absolute atomic E-state index is 0.0877. The van der Waals surface area contributed by atoms with E-state index in [1.54, 1.807) is 30.5 Å². The SMILES string of the molecule is N[C@]1(c2ccc(-c3ccc(N4CC(n5ccnn5)OC4=O)cc3F)cn2)[C@@H]2CS(=O)(=O)C[C@@H]21. The molecule has 1 saturated carbocycles. The number of carbonyl (C=O) groups excluding carboxylic acids is 1. The van der Waals surface area contributed by atoms with Crippen LogP contribution >= 0.6 is 0 Å². The van der Waals surface area contributed by atoms with Gasteiger partial charge in [-0.1, -0.05) is 11.3 Å². The van der Waals surface area contributed by atoms with Crippen molar-refractivity contribution in [1.29, 1.82) is 0 Å². The Morgan fingerprint density at radius 2 is 1.97 bits per heavy atom. The van der Waals surface area contributed by atoms with Gasteiger partial charge in [0.15, 0.2) is 9.84 Å². The molecule has 1 unspecified atom stereocenters. The molecule has 170 valence electrons. The number of fused-ring (bicyclic) bond motifs is 1. The molecule has 2 aliphatic heterocycles. The standard InChI is InChI=1S/C21H19FN6O4S/c22-17-7-13(27-9-19(32-20(27)29)28-6-5-25-26-28)2-3-14(17)12-1-4-18(24-8-12)21(23)15-10-33(30,31)11-16(15)21/h1-8,15-16,19H,9-11,23H2/t15-,16+,19?,21-. The van der Waals surface area contributed by atoms with Crippen molar-refractivity contribution in [1.82, 2.24) is 20.0 Å². The maximum absolute atomic E-state index is 15.0. The fourth-order valence-corrected chi connectivity index (χ4v) is 7.20. The highest BCUT2D eigenvalue weighted by atomic mass is 32.2. The smallest absolute Gasteiger partial charge is 0.416 e. The predicted octanol–water partition coefficient (Wildman–Crippen LogP) is 1.46. The van der Waals surface area contributed by atoms with Gasteiger partial charge in [-0.2, -0.15) is 0 Å². The van der Waals surface area contributed by atoms with Crippen LogP contribution in [0.25, 0.3) is 11.1 Å². The first-order valence-electron chi connectivity index (χ1n) is 10.4. The van der Waals surface area contributed by atoms with Crippen molar-refractivity contribution in [3.8, 4) is 11.1 Å². The number of nitrogens with zero attached hydrogens (tertiary/aromatic N) is 5. The number of aromatic nitrogens is 4. The van der Waals surface area contributed by atoms with E-state index in [0.29, 0.717) is 22.5 Å². The number of cyclic esters (lactones) is 1. The average molecular weight is 470 g/mol. The Balaban J connectivity index is 1.21. The predicted molar refractivity (Wildman–Crippen MR) is 114 cm³/mol. The van der Waals surface area contributed by atoms with E-state index in [9.17, 15) is 17.6 Å². The van der Waals surface area contributed by atoms with Gasteiger partial charge in [0.05, 0.1) is 41.2 Å². The summed E-state index contributed by atoms with van der Waals surface area (Å²) in [6.45, 7) is 0.174. The topological polar surface area (TPSA) is 133 Å². The summed E-state index contributed by atoms with van der Waals surface area (Å²) in [6, 6.07) is 7.94. The third kappa shape index (κ3) is 3.12. The van der Waals surface area contributed by atoms with Crippen LogP contribution in [0.3, 0.4) is 0 Å². The van der Waals surface area contributed by atoms with E-state index >= 15 is 0 Å². The molecule has 4 heterocycles. The van der Waals surface area contributed by atoms with E-state index in [1.165, 1.54) is 28.0 Å². The number of carbonyl (C=O) groups is 1. The molecule has 1 amide bonds. The van der Waals surface area contributed by atoms with Gasteiger partial charge in [0, 0.05) is 35.4 Å².